The summed E-state index contributed by atoms with van der Waals surface area (Å²) in [6.45, 7) is 10.1. The second kappa shape index (κ2) is 10.1. The molecule has 5 heterocycles. The number of piperazine rings is 1. The Balaban J connectivity index is 1.46. The highest BCUT2D eigenvalue weighted by Gasteiger charge is 2.42. The van der Waals surface area contributed by atoms with Gasteiger partial charge in [-0.2, -0.15) is 10.2 Å². The van der Waals surface area contributed by atoms with Crippen LogP contribution in [0.2, 0.25) is 0 Å². The molecule has 3 saturated heterocycles. The Morgan fingerprint density at radius 1 is 1.17 bits per heavy atom. The first-order valence-corrected chi connectivity index (χ1v) is 13.5. The van der Waals surface area contributed by atoms with Crippen LogP contribution in [-0.2, 0) is 17.7 Å². The van der Waals surface area contributed by atoms with Crippen LogP contribution in [0.4, 0.5) is 10.6 Å². The molecule has 3 fully saturated rings. The minimum absolute atomic E-state index is 0.179. The van der Waals surface area contributed by atoms with Crippen molar-refractivity contribution in [2.45, 2.75) is 89.6 Å². The second-order valence-corrected chi connectivity index (χ2v) is 11.7. The van der Waals surface area contributed by atoms with Crippen molar-refractivity contribution in [2.75, 3.05) is 44.7 Å². The number of carbonyl (C=O) groups is 1. The quantitative estimate of drug-likeness (QED) is 0.680. The molecule has 1 aromatic heterocycles. The number of piperidine rings is 1. The largest absolute Gasteiger partial charge is 0.475 e. The van der Waals surface area contributed by atoms with Crippen molar-refractivity contribution >= 4 is 11.9 Å². The number of carbonyl (C=O) groups excluding carboxylic acids is 1. The summed E-state index contributed by atoms with van der Waals surface area (Å²) >= 11 is 0. The fraction of sp³-hybridized carbons (Fsp3) is 0.741. The predicted octanol–water partition coefficient (Wildman–Crippen LogP) is 3.05. The van der Waals surface area contributed by atoms with E-state index in [1.165, 1.54) is 12.0 Å². The smallest absolute Gasteiger partial charge is 0.410 e. The summed E-state index contributed by atoms with van der Waals surface area (Å²) in [6, 6.07) is 3.12. The average Bonchev–Trinajstić information content (AvgIpc) is 3.24. The molecule has 4 aliphatic heterocycles. The second-order valence-electron chi connectivity index (χ2n) is 11.7. The third-order valence-electron chi connectivity index (χ3n) is 8.03. The standard InChI is InChI=1S/C27H40N6O3/c1-27(2,3)36-26(34)32-15-18-7-5-8-19(16-32)33(18)24-21-10-11-29-14-23(21)22(13-28)25(30-24)35-17-20-9-6-12-31(20)4/h18-20,29H,5-12,14-17H2,1-4H3/t18-,19+,20-/m0/s1. The van der Waals surface area contributed by atoms with Gasteiger partial charge in [0, 0.05) is 43.3 Å². The first-order chi connectivity index (χ1) is 17.2. The Morgan fingerprint density at radius 2 is 1.92 bits per heavy atom. The number of amides is 1. The summed E-state index contributed by atoms with van der Waals surface area (Å²) < 4.78 is 12.0. The third kappa shape index (κ3) is 4.98. The zero-order valence-corrected chi connectivity index (χ0v) is 22.2. The summed E-state index contributed by atoms with van der Waals surface area (Å²) in [5, 5.41) is 13.5. The topological polar surface area (TPSA) is 94.0 Å². The van der Waals surface area contributed by atoms with Gasteiger partial charge in [-0.05, 0) is 85.0 Å². The number of nitrogens with zero attached hydrogens (tertiary/aromatic N) is 5. The van der Waals surface area contributed by atoms with E-state index in [0.29, 0.717) is 43.7 Å². The Morgan fingerprint density at radius 3 is 2.56 bits per heavy atom. The van der Waals surface area contributed by atoms with Gasteiger partial charge in [0.1, 0.15) is 29.7 Å². The number of aromatic nitrogens is 1. The number of nitrogens with one attached hydrogen (secondary N) is 1. The molecular weight excluding hydrogens is 456 g/mol. The fourth-order valence-electron chi connectivity index (χ4n) is 6.25. The van der Waals surface area contributed by atoms with E-state index in [1.54, 1.807) is 0 Å². The predicted molar refractivity (Wildman–Crippen MR) is 137 cm³/mol. The summed E-state index contributed by atoms with van der Waals surface area (Å²) in [6.07, 6.45) is 6.04. The van der Waals surface area contributed by atoms with Crippen LogP contribution in [-0.4, -0.2) is 84.4 Å². The summed E-state index contributed by atoms with van der Waals surface area (Å²) in [5.74, 6) is 1.42. The monoisotopic (exact) mass is 496 g/mol. The van der Waals surface area contributed by atoms with E-state index >= 15 is 0 Å². The summed E-state index contributed by atoms with van der Waals surface area (Å²) in [5.41, 5.74) is 2.25. The minimum Gasteiger partial charge on any atom is -0.475 e. The van der Waals surface area contributed by atoms with Crippen LogP contribution in [0.3, 0.4) is 0 Å². The van der Waals surface area contributed by atoms with Crippen LogP contribution >= 0.6 is 0 Å². The van der Waals surface area contributed by atoms with E-state index in [-0.39, 0.29) is 18.2 Å². The molecule has 2 bridgehead atoms. The minimum atomic E-state index is -0.510. The van der Waals surface area contributed by atoms with E-state index < -0.39 is 5.60 Å². The highest BCUT2D eigenvalue weighted by atomic mass is 16.6. The van der Waals surface area contributed by atoms with E-state index in [1.807, 2.05) is 25.7 Å². The van der Waals surface area contributed by atoms with Gasteiger partial charge >= 0.3 is 6.09 Å². The normalized spacial score (nSPS) is 26.4. The van der Waals surface area contributed by atoms with Gasteiger partial charge < -0.3 is 29.5 Å². The van der Waals surface area contributed by atoms with Gasteiger partial charge in [-0.25, -0.2) is 4.79 Å². The summed E-state index contributed by atoms with van der Waals surface area (Å²) in [7, 11) is 2.13. The van der Waals surface area contributed by atoms with Crippen molar-refractivity contribution in [2.24, 2.45) is 0 Å². The van der Waals surface area contributed by atoms with Crippen molar-refractivity contribution < 1.29 is 14.3 Å². The van der Waals surface area contributed by atoms with Crippen molar-refractivity contribution in [3.63, 3.8) is 0 Å². The van der Waals surface area contributed by atoms with E-state index in [2.05, 4.69) is 28.2 Å². The van der Waals surface area contributed by atoms with Crippen molar-refractivity contribution in [1.29, 1.82) is 5.26 Å². The van der Waals surface area contributed by atoms with Crippen LogP contribution in [0.5, 0.6) is 5.88 Å². The van der Waals surface area contributed by atoms with E-state index in [0.717, 1.165) is 56.6 Å². The third-order valence-corrected chi connectivity index (χ3v) is 8.03. The van der Waals surface area contributed by atoms with Crippen molar-refractivity contribution in [3.05, 3.63) is 16.7 Å². The number of anilines is 1. The molecule has 1 amide bonds. The highest BCUT2D eigenvalue weighted by Crippen LogP contribution is 2.39. The molecule has 0 unspecified atom stereocenters. The Kier molecular flexibility index (Phi) is 7.01. The fourth-order valence-corrected chi connectivity index (χ4v) is 6.25. The lowest BCUT2D eigenvalue weighted by atomic mass is 9.89. The van der Waals surface area contributed by atoms with Crippen LogP contribution in [0.25, 0.3) is 0 Å². The van der Waals surface area contributed by atoms with Crippen LogP contribution in [0.15, 0.2) is 0 Å². The van der Waals surface area contributed by atoms with Crippen molar-refractivity contribution in [3.8, 4) is 11.9 Å². The van der Waals surface area contributed by atoms with Gasteiger partial charge in [0.2, 0.25) is 5.88 Å². The van der Waals surface area contributed by atoms with Gasteiger partial charge in [0.15, 0.2) is 0 Å². The molecule has 1 N–H and O–H groups in total. The number of hydrogen-bond acceptors (Lipinski definition) is 8. The maximum absolute atomic E-state index is 12.9. The number of nitriles is 1. The molecule has 9 heteroatoms. The number of likely N-dealkylation sites (N-methyl/N-ethyl adjacent to an activating group) is 1. The maximum Gasteiger partial charge on any atom is 0.410 e. The summed E-state index contributed by atoms with van der Waals surface area (Å²) in [4.78, 5) is 24.6. The lowest BCUT2D eigenvalue weighted by molar-refractivity contribution is 0.0154. The van der Waals surface area contributed by atoms with Gasteiger partial charge in [0.25, 0.3) is 0 Å². The molecule has 36 heavy (non-hydrogen) atoms. The molecule has 5 rings (SSSR count). The number of pyridine rings is 1. The van der Waals surface area contributed by atoms with Crippen LogP contribution < -0.4 is 15.0 Å². The molecule has 0 radical (unpaired) electrons. The highest BCUT2D eigenvalue weighted by molar-refractivity contribution is 5.69. The first kappa shape index (κ1) is 25.1. The van der Waals surface area contributed by atoms with Gasteiger partial charge in [0.05, 0.1) is 0 Å². The number of fused-ring (bicyclic) bond motifs is 3. The first-order valence-electron chi connectivity index (χ1n) is 13.5. The maximum atomic E-state index is 12.9. The van der Waals surface area contributed by atoms with Gasteiger partial charge in [-0.1, -0.05) is 0 Å². The molecule has 1 aromatic rings. The lowest BCUT2D eigenvalue weighted by Crippen LogP contribution is -2.63. The Bertz CT molecular complexity index is 1020. The van der Waals surface area contributed by atoms with Gasteiger partial charge in [-0.15, -0.1) is 0 Å². The average molecular weight is 497 g/mol. The molecule has 0 aliphatic carbocycles. The molecule has 4 aliphatic rings. The van der Waals surface area contributed by atoms with Gasteiger partial charge in [-0.3, -0.25) is 0 Å². The Hall–Kier alpha value is -2.57. The Labute approximate surface area is 214 Å². The van der Waals surface area contributed by atoms with E-state index in [4.69, 9.17) is 14.5 Å². The molecule has 3 atom stereocenters. The van der Waals surface area contributed by atoms with Crippen LogP contribution in [0, 0.1) is 11.3 Å². The van der Waals surface area contributed by atoms with E-state index in [9.17, 15) is 10.1 Å². The molecule has 0 spiro atoms. The number of likely N-dealkylation sites (tertiary alicyclic amines) is 2. The molecule has 0 saturated carbocycles. The zero-order valence-electron chi connectivity index (χ0n) is 22.2. The number of ether oxygens (including phenoxy) is 2. The molecule has 0 aromatic carbocycles. The molecule has 9 nitrogen and oxygen atoms in total. The molecular formula is C27H40N6O3. The number of hydrogen-bond donors (Lipinski definition) is 1. The van der Waals surface area contributed by atoms with Crippen molar-refractivity contribution in [1.82, 2.24) is 20.1 Å². The van der Waals surface area contributed by atoms with Crippen LogP contribution in [0.1, 0.15) is 69.6 Å². The number of rotatable bonds is 4. The lowest BCUT2D eigenvalue weighted by Gasteiger charge is -2.51. The SMILES string of the molecule is CN1CCC[C@H]1COc1nc(N2[C@@H]3CCC[C@H]2CN(C(=O)OC(C)(C)C)C3)c2c(c1C#N)CNCC2. The zero-order chi connectivity index (χ0) is 25.4. The molecule has 196 valence electrons.